The van der Waals surface area contributed by atoms with Gasteiger partial charge in [-0.15, -0.1) is 0 Å². The largest absolute Gasteiger partial charge is 0.481 e. The molecule has 0 saturated heterocycles. The number of halogens is 1. The maximum absolute atomic E-state index is 12.0. The summed E-state index contributed by atoms with van der Waals surface area (Å²) in [5, 5.41) is 11.5. The molecule has 0 radical (unpaired) electrons. The quantitative estimate of drug-likeness (QED) is 0.798. The molecular weight excluding hydrogens is 322 g/mol. The van der Waals surface area contributed by atoms with Crippen molar-refractivity contribution in [3.63, 3.8) is 0 Å². The van der Waals surface area contributed by atoms with Gasteiger partial charge in [0.15, 0.2) is 0 Å². The van der Waals surface area contributed by atoms with Crippen LogP contribution < -0.4 is 5.32 Å². The molecule has 5 heteroatoms. The zero-order valence-electron chi connectivity index (χ0n) is 11.8. The summed E-state index contributed by atoms with van der Waals surface area (Å²) in [5.74, 6) is -0.582. The van der Waals surface area contributed by atoms with E-state index in [1.54, 1.807) is 6.07 Å². The Morgan fingerprint density at radius 1 is 1.30 bits per heavy atom. The second-order valence-electron chi connectivity index (χ2n) is 5.10. The SMILES string of the molecule is Cc1cc(Br)cc(C(=O)NCCC(C)CCC(=O)O)c1. The number of carbonyl (C=O) groups is 2. The van der Waals surface area contributed by atoms with Crippen molar-refractivity contribution in [3.05, 3.63) is 33.8 Å². The summed E-state index contributed by atoms with van der Waals surface area (Å²) in [6.07, 6.45) is 1.60. The van der Waals surface area contributed by atoms with Crippen LogP contribution >= 0.6 is 15.9 Å². The number of aryl methyl sites for hydroxylation is 1. The predicted octanol–water partition coefficient (Wildman–Crippen LogP) is 3.38. The van der Waals surface area contributed by atoms with Gasteiger partial charge in [0, 0.05) is 23.0 Å². The molecule has 1 aromatic carbocycles. The number of rotatable bonds is 7. The molecule has 0 heterocycles. The lowest BCUT2D eigenvalue weighted by Gasteiger charge is -2.11. The summed E-state index contributed by atoms with van der Waals surface area (Å²) in [6.45, 7) is 4.50. The normalized spacial score (nSPS) is 11.9. The van der Waals surface area contributed by atoms with Crippen LogP contribution in [0.2, 0.25) is 0 Å². The van der Waals surface area contributed by atoms with Gasteiger partial charge >= 0.3 is 5.97 Å². The minimum absolute atomic E-state index is 0.0974. The van der Waals surface area contributed by atoms with Crippen LogP contribution in [0.25, 0.3) is 0 Å². The van der Waals surface area contributed by atoms with Gasteiger partial charge in [0.2, 0.25) is 0 Å². The van der Waals surface area contributed by atoms with Gasteiger partial charge in [-0.2, -0.15) is 0 Å². The molecule has 0 aliphatic heterocycles. The van der Waals surface area contributed by atoms with Crippen molar-refractivity contribution < 1.29 is 14.7 Å². The Labute approximate surface area is 127 Å². The molecular formula is C15H20BrNO3. The lowest BCUT2D eigenvalue weighted by atomic mass is 10.0. The van der Waals surface area contributed by atoms with Crippen molar-refractivity contribution in [2.75, 3.05) is 6.54 Å². The fraction of sp³-hybridized carbons (Fsp3) is 0.467. The number of carboxylic acid groups (broad SMARTS) is 1. The Kier molecular flexibility index (Phi) is 6.71. The molecule has 20 heavy (non-hydrogen) atoms. The lowest BCUT2D eigenvalue weighted by molar-refractivity contribution is -0.137. The number of benzene rings is 1. The standard InChI is InChI=1S/C15H20BrNO3/c1-10(3-4-14(18)19)5-6-17-15(20)12-7-11(2)8-13(16)9-12/h7-10H,3-6H2,1-2H3,(H,17,20)(H,18,19). The van der Waals surface area contributed by atoms with Crippen LogP contribution in [0.3, 0.4) is 0 Å². The highest BCUT2D eigenvalue weighted by Gasteiger charge is 2.09. The maximum Gasteiger partial charge on any atom is 0.303 e. The monoisotopic (exact) mass is 341 g/mol. The summed E-state index contributed by atoms with van der Waals surface area (Å²) < 4.78 is 0.887. The fourth-order valence-electron chi connectivity index (χ4n) is 1.92. The zero-order chi connectivity index (χ0) is 15.1. The third kappa shape index (κ3) is 6.19. The number of hydrogen-bond donors (Lipinski definition) is 2. The first kappa shape index (κ1) is 16.7. The van der Waals surface area contributed by atoms with Crippen LogP contribution in [0.15, 0.2) is 22.7 Å². The summed E-state index contributed by atoms with van der Waals surface area (Å²) in [4.78, 5) is 22.4. The molecule has 4 nitrogen and oxygen atoms in total. The van der Waals surface area contributed by atoms with Gasteiger partial charge in [0.05, 0.1) is 0 Å². The molecule has 1 rings (SSSR count). The number of aliphatic carboxylic acids is 1. The number of carboxylic acids is 1. The molecule has 1 amide bonds. The number of carbonyl (C=O) groups excluding carboxylic acids is 1. The summed E-state index contributed by atoms with van der Waals surface area (Å²) in [5.41, 5.74) is 1.66. The van der Waals surface area contributed by atoms with Crippen LogP contribution in [0.5, 0.6) is 0 Å². The average molecular weight is 342 g/mol. The summed E-state index contributed by atoms with van der Waals surface area (Å²) in [7, 11) is 0. The van der Waals surface area contributed by atoms with Gasteiger partial charge in [-0.05, 0) is 49.4 Å². The molecule has 0 aliphatic carbocycles. The molecule has 0 spiro atoms. The van der Waals surface area contributed by atoms with Crippen molar-refractivity contribution in [3.8, 4) is 0 Å². The van der Waals surface area contributed by atoms with Crippen LogP contribution in [-0.4, -0.2) is 23.5 Å². The Hall–Kier alpha value is -1.36. The van der Waals surface area contributed by atoms with Crippen LogP contribution in [0, 0.1) is 12.8 Å². The van der Waals surface area contributed by atoms with Gasteiger partial charge in [-0.25, -0.2) is 0 Å². The molecule has 1 aromatic rings. The van der Waals surface area contributed by atoms with E-state index in [0.717, 1.165) is 16.5 Å². The van der Waals surface area contributed by atoms with E-state index in [-0.39, 0.29) is 18.2 Å². The highest BCUT2D eigenvalue weighted by Crippen LogP contribution is 2.15. The minimum atomic E-state index is -0.773. The minimum Gasteiger partial charge on any atom is -0.481 e. The van der Waals surface area contributed by atoms with Crippen LogP contribution in [0.1, 0.15) is 42.1 Å². The highest BCUT2D eigenvalue weighted by atomic mass is 79.9. The van der Waals surface area contributed by atoms with Crippen molar-refractivity contribution >= 4 is 27.8 Å². The predicted molar refractivity (Wildman–Crippen MR) is 81.9 cm³/mol. The van der Waals surface area contributed by atoms with E-state index in [4.69, 9.17) is 5.11 Å². The molecule has 1 unspecified atom stereocenters. The molecule has 0 aliphatic rings. The first-order valence-electron chi connectivity index (χ1n) is 6.65. The highest BCUT2D eigenvalue weighted by molar-refractivity contribution is 9.10. The lowest BCUT2D eigenvalue weighted by Crippen LogP contribution is -2.25. The van der Waals surface area contributed by atoms with Crippen LogP contribution in [0.4, 0.5) is 0 Å². The van der Waals surface area contributed by atoms with Crippen molar-refractivity contribution in [2.45, 2.75) is 33.1 Å². The first-order valence-corrected chi connectivity index (χ1v) is 7.45. The second-order valence-corrected chi connectivity index (χ2v) is 6.02. The van der Waals surface area contributed by atoms with E-state index in [1.165, 1.54) is 0 Å². The smallest absolute Gasteiger partial charge is 0.303 e. The van der Waals surface area contributed by atoms with Gasteiger partial charge in [0.25, 0.3) is 5.91 Å². The third-order valence-electron chi connectivity index (χ3n) is 3.08. The fourth-order valence-corrected chi connectivity index (χ4v) is 2.52. The summed E-state index contributed by atoms with van der Waals surface area (Å²) >= 11 is 3.37. The van der Waals surface area contributed by atoms with Crippen molar-refractivity contribution in [1.29, 1.82) is 0 Å². The van der Waals surface area contributed by atoms with E-state index < -0.39 is 5.97 Å². The Morgan fingerprint density at radius 2 is 2.00 bits per heavy atom. The Morgan fingerprint density at radius 3 is 2.60 bits per heavy atom. The van der Waals surface area contributed by atoms with E-state index in [2.05, 4.69) is 21.2 Å². The zero-order valence-corrected chi connectivity index (χ0v) is 13.4. The molecule has 0 saturated carbocycles. The Bertz CT molecular complexity index is 468. The number of nitrogens with one attached hydrogen (secondary N) is 1. The Balaban J connectivity index is 2.38. The van der Waals surface area contributed by atoms with Gasteiger partial charge < -0.3 is 10.4 Å². The molecule has 1 atom stereocenters. The van der Waals surface area contributed by atoms with Gasteiger partial charge in [0.1, 0.15) is 0 Å². The molecule has 110 valence electrons. The van der Waals surface area contributed by atoms with Crippen molar-refractivity contribution in [1.82, 2.24) is 5.32 Å². The number of amides is 1. The second kappa shape index (κ2) is 8.04. The first-order chi connectivity index (χ1) is 9.38. The van der Waals surface area contributed by atoms with Gasteiger partial charge in [-0.1, -0.05) is 22.9 Å². The average Bonchev–Trinajstić information content (AvgIpc) is 2.35. The van der Waals surface area contributed by atoms with Gasteiger partial charge in [-0.3, -0.25) is 9.59 Å². The summed E-state index contributed by atoms with van der Waals surface area (Å²) in [6, 6.07) is 5.58. The van der Waals surface area contributed by atoms with E-state index >= 15 is 0 Å². The molecule has 0 fully saturated rings. The molecule has 0 aromatic heterocycles. The third-order valence-corrected chi connectivity index (χ3v) is 3.54. The number of hydrogen-bond acceptors (Lipinski definition) is 2. The molecule has 2 N–H and O–H groups in total. The van der Waals surface area contributed by atoms with Crippen LogP contribution in [-0.2, 0) is 4.79 Å². The van der Waals surface area contributed by atoms with Crippen molar-refractivity contribution in [2.24, 2.45) is 5.92 Å². The molecule has 0 bridgehead atoms. The van der Waals surface area contributed by atoms with E-state index in [1.807, 2.05) is 26.0 Å². The topological polar surface area (TPSA) is 66.4 Å². The maximum atomic E-state index is 12.0. The van der Waals surface area contributed by atoms with E-state index in [0.29, 0.717) is 18.5 Å². The van der Waals surface area contributed by atoms with E-state index in [9.17, 15) is 9.59 Å².